The molecule has 1 aromatic heterocycles. The van der Waals surface area contributed by atoms with Gasteiger partial charge in [-0.25, -0.2) is 9.78 Å². The zero-order valence-electron chi connectivity index (χ0n) is 15.2. The maximum Gasteiger partial charge on any atom is 0.404 e. The standard InChI is InChI=1S/C18H21N5O5/c19-18(24)28-14-3-4-22(11-14)17-15-2-1-13(23(25)26)9-12(15)10-16(20-17)21-5-7-27-8-6-21/h1-2,9-10,14H,3-8,11H2,(H2,19,24). The summed E-state index contributed by atoms with van der Waals surface area (Å²) in [6, 6.07) is 6.65. The van der Waals surface area contributed by atoms with Crippen molar-refractivity contribution in [2.24, 2.45) is 5.73 Å². The van der Waals surface area contributed by atoms with E-state index in [1.807, 2.05) is 11.0 Å². The van der Waals surface area contributed by atoms with E-state index < -0.39 is 11.0 Å². The molecule has 1 atom stereocenters. The number of nitro benzene ring substituents is 1. The molecule has 2 aliphatic heterocycles. The molecule has 1 unspecified atom stereocenters. The van der Waals surface area contributed by atoms with Crippen LogP contribution in [0, 0.1) is 10.1 Å². The maximum absolute atomic E-state index is 11.2. The van der Waals surface area contributed by atoms with Crippen molar-refractivity contribution in [2.45, 2.75) is 12.5 Å². The minimum atomic E-state index is -0.789. The molecule has 0 bridgehead atoms. The lowest BCUT2D eigenvalue weighted by Gasteiger charge is -2.29. The molecule has 10 heteroatoms. The summed E-state index contributed by atoms with van der Waals surface area (Å²) < 4.78 is 10.5. The van der Waals surface area contributed by atoms with Crippen LogP contribution in [0.2, 0.25) is 0 Å². The molecule has 1 aromatic carbocycles. The summed E-state index contributed by atoms with van der Waals surface area (Å²) in [5, 5.41) is 12.8. The van der Waals surface area contributed by atoms with E-state index in [1.165, 1.54) is 6.07 Å². The Balaban J connectivity index is 1.74. The van der Waals surface area contributed by atoms with Gasteiger partial charge >= 0.3 is 6.09 Å². The molecule has 2 saturated heterocycles. The topological polar surface area (TPSA) is 124 Å². The van der Waals surface area contributed by atoms with Crippen LogP contribution in [0.1, 0.15) is 6.42 Å². The number of ether oxygens (including phenoxy) is 2. The van der Waals surface area contributed by atoms with Gasteiger partial charge in [0, 0.05) is 43.6 Å². The van der Waals surface area contributed by atoms with E-state index in [1.54, 1.807) is 12.1 Å². The van der Waals surface area contributed by atoms with Crippen LogP contribution in [-0.2, 0) is 9.47 Å². The number of hydrogen-bond donors (Lipinski definition) is 1. The molecule has 0 aliphatic carbocycles. The van der Waals surface area contributed by atoms with Crippen LogP contribution < -0.4 is 15.5 Å². The number of carbonyl (C=O) groups excluding carboxylic acids is 1. The number of nitro groups is 1. The van der Waals surface area contributed by atoms with Crippen LogP contribution in [-0.4, -0.2) is 61.5 Å². The van der Waals surface area contributed by atoms with E-state index >= 15 is 0 Å². The van der Waals surface area contributed by atoms with Crippen molar-refractivity contribution in [3.05, 3.63) is 34.4 Å². The van der Waals surface area contributed by atoms with Gasteiger partial charge < -0.3 is 25.0 Å². The van der Waals surface area contributed by atoms with Gasteiger partial charge in [-0.1, -0.05) is 0 Å². The summed E-state index contributed by atoms with van der Waals surface area (Å²) in [6.07, 6.45) is -0.428. The van der Waals surface area contributed by atoms with Crippen molar-refractivity contribution in [3.8, 4) is 0 Å². The number of pyridine rings is 1. The number of nitrogens with zero attached hydrogens (tertiary/aromatic N) is 4. The van der Waals surface area contributed by atoms with E-state index in [0.717, 1.165) is 22.4 Å². The van der Waals surface area contributed by atoms with Gasteiger partial charge in [-0.2, -0.15) is 0 Å². The fourth-order valence-corrected chi connectivity index (χ4v) is 3.70. The van der Waals surface area contributed by atoms with Gasteiger partial charge in [0.2, 0.25) is 0 Å². The first-order valence-corrected chi connectivity index (χ1v) is 9.14. The molecule has 2 aromatic rings. The highest BCUT2D eigenvalue weighted by Gasteiger charge is 2.28. The van der Waals surface area contributed by atoms with Crippen LogP contribution in [0.5, 0.6) is 0 Å². The van der Waals surface area contributed by atoms with Crippen molar-refractivity contribution in [2.75, 3.05) is 49.2 Å². The Morgan fingerprint density at radius 2 is 2.04 bits per heavy atom. The van der Waals surface area contributed by atoms with Crippen molar-refractivity contribution < 1.29 is 19.2 Å². The number of carbonyl (C=O) groups is 1. The van der Waals surface area contributed by atoms with Crippen LogP contribution in [0.4, 0.5) is 22.1 Å². The quantitative estimate of drug-likeness (QED) is 0.620. The van der Waals surface area contributed by atoms with Crippen LogP contribution in [0.25, 0.3) is 10.8 Å². The molecule has 2 N–H and O–H groups in total. The molecule has 1 amide bonds. The lowest BCUT2D eigenvalue weighted by molar-refractivity contribution is -0.384. The van der Waals surface area contributed by atoms with E-state index in [2.05, 4.69) is 4.90 Å². The molecular formula is C18H21N5O5. The highest BCUT2D eigenvalue weighted by Crippen LogP contribution is 2.33. The molecule has 28 heavy (non-hydrogen) atoms. The number of anilines is 2. The van der Waals surface area contributed by atoms with Gasteiger partial charge in [0.05, 0.1) is 24.7 Å². The third-order valence-corrected chi connectivity index (χ3v) is 5.05. The van der Waals surface area contributed by atoms with Crippen LogP contribution in [0.3, 0.4) is 0 Å². The lowest BCUT2D eigenvalue weighted by Crippen LogP contribution is -2.37. The molecular weight excluding hydrogens is 366 g/mol. The van der Waals surface area contributed by atoms with Gasteiger partial charge in [-0.15, -0.1) is 0 Å². The number of fused-ring (bicyclic) bond motifs is 1. The Kier molecular flexibility index (Phi) is 4.86. The summed E-state index contributed by atoms with van der Waals surface area (Å²) in [4.78, 5) is 30.9. The van der Waals surface area contributed by atoms with Gasteiger partial charge in [0.25, 0.3) is 5.69 Å². The number of rotatable bonds is 4. The van der Waals surface area contributed by atoms with Gasteiger partial charge in [0.1, 0.15) is 17.7 Å². The zero-order valence-corrected chi connectivity index (χ0v) is 15.2. The Morgan fingerprint density at radius 1 is 1.25 bits per heavy atom. The largest absolute Gasteiger partial charge is 0.444 e. The Labute approximate surface area is 161 Å². The number of nitrogens with two attached hydrogens (primary N) is 1. The number of morpholine rings is 1. The molecule has 2 aliphatic rings. The molecule has 0 spiro atoms. The van der Waals surface area contributed by atoms with E-state index in [9.17, 15) is 14.9 Å². The molecule has 148 valence electrons. The fourth-order valence-electron chi connectivity index (χ4n) is 3.70. The molecule has 0 radical (unpaired) electrons. The first-order valence-electron chi connectivity index (χ1n) is 9.14. The highest BCUT2D eigenvalue weighted by atomic mass is 16.6. The highest BCUT2D eigenvalue weighted by molar-refractivity contribution is 5.95. The minimum Gasteiger partial charge on any atom is -0.444 e. The number of hydrogen-bond acceptors (Lipinski definition) is 8. The Bertz CT molecular complexity index is 915. The van der Waals surface area contributed by atoms with Crippen molar-refractivity contribution >= 4 is 34.2 Å². The van der Waals surface area contributed by atoms with E-state index in [0.29, 0.717) is 45.8 Å². The normalized spacial score (nSPS) is 19.8. The minimum absolute atomic E-state index is 0.0361. The van der Waals surface area contributed by atoms with Gasteiger partial charge in [-0.3, -0.25) is 10.1 Å². The second-order valence-corrected chi connectivity index (χ2v) is 6.86. The van der Waals surface area contributed by atoms with Crippen molar-refractivity contribution in [1.82, 2.24) is 4.98 Å². The number of amides is 1. The summed E-state index contributed by atoms with van der Waals surface area (Å²) >= 11 is 0. The van der Waals surface area contributed by atoms with Gasteiger partial charge in [-0.05, 0) is 17.5 Å². The number of non-ortho nitro benzene ring substituents is 1. The third-order valence-electron chi connectivity index (χ3n) is 5.05. The van der Waals surface area contributed by atoms with Crippen molar-refractivity contribution in [3.63, 3.8) is 0 Å². The van der Waals surface area contributed by atoms with Crippen LogP contribution >= 0.6 is 0 Å². The first kappa shape index (κ1) is 18.2. The van der Waals surface area contributed by atoms with Crippen molar-refractivity contribution in [1.29, 1.82) is 0 Å². The molecule has 0 saturated carbocycles. The molecule has 3 heterocycles. The summed E-state index contributed by atoms with van der Waals surface area (Å²) in [6.45, 7) is 3.78. The Hall–Kier alpha value is -3.14. The third kappa shape index (κ3) is 3.63. The SMILES string of the molecule is NC(=O)OC1CCN(c2nc(N3CCOCC3)cc3cc([N+](=O)[O-])ccc23)C1. The fraction of sp³-hybridized carbons (Fsp3) is 0.444. The monoisotopic (exact) mass is 387 g/mol. The second-order valence-electron chi connectivity index (χ2n) is 6.86. The van der Waals surface area contributed by atoms with E-state index in [4.69, 9.17) is 20.2 Å². The van der Waals surface area contributed by atoms with Gasteiger partial charge in [0.15, 0.2) is 0 Å². The maximum atomic E-state index is 11.2. The lowest BCUT2D eigenvalue weighted by atomic mass is 10.1. The number of benzene rings is 1. The second kappa shape index (κ2) is 7.47. The average molecular weight is 387 g/mol. The van der Waals surface area contributed by atoms with E-state index in [-0.39, 0.29) is 11.8 Å². The number of aromatic nitrogens is 1. The number of primary amides is 1. The predicted molar refractivity (Wildman–Crippen MR) is 103 cm³/mol. The summed E-state index contributed by atoms with van der Waals surface area (Å²) in [5.41, 5.74) is 5.17. The summed E-state index contributed by atoms with van der Waals surface area (Å²) in [7, 11) is 0. The zero-order chi connectivity index (χ0) is 19.7. The first-order chi connectivity index (χ1) is 13.5. The predicted octanol–water partition coefficient (Wildman–Crippen LogP) is 1.65. The Morgan fingerprint density at radius 3 is 2.75 bits per heavy atom. The molecule has 2 fully saturated rings. The average Bonchev–Trinajstić information content (AvgIpc) is 3.14. The van der Waals surface area contributed by atoms with Crippen LogP contribution in [0.15, 0.2) is 24.3 Å². The smallest absolute Gasteiger partial charge is 0.404 e. The molecule has 4 rings (SSSR count). The molecule has 10 nitrogen and oxygen atoms in total. The summed E-state index contributed by atoms with van der Waals surface area (Å²) in [5.74, 6) is 1.48.